The monoisotopic (exact) mass is 393 g/mol. The molecule has 0 aliphatic heterocycles. The standard InChI is InChI=1S/C23H23NO3S/c1-17-13-15-21(16-14-17)28(26,27)24-22(19-9-5-3-6-10-19)18(2)23(25)20-11-7-4-8-12-20/h3-16,18,22,24H,1-2H3/t18-,22-/m0/s1. The Morgan fingerprint density at radius 3 is 1.93 bits per heavy atom. The van der Waals surface area contributed by atoms with E-state index in [4.69, 9.17) is 0 Å². The van der Waals surface area contributed by atoms with Crippen molar-refractivity contribution in [3.05, 3.63) is 102 Å². The second-order valence-electron chi connectivity index (χ2n) is 6.84. The van der Waals surface area contributed by atoms with Crippen molar-refractivity contribution in [1.29, 1.82) is 0 Å². The predicted molar refractivity (Wildman–Crippen MR) is 111 cm³/mol. The molecule has 0 bridgehead atoms. The fourth-order valence-corrected chi connectivity index (χ4v) is 4.39. The Morgan fingerprint density at radius 1 is 0.821 bits per heavy atom. The van der Waals surface area contributed by atoms with Gasteiger partial charge in [-0.1, -0.05) is 85.3 Å². The van der Waals surface area contributed by atoms with Crippen LogP contribution < -0.4 is 4.72 Å². The molecule has 0 unspecified atom stereocenters. The summed E-state index contributed by atoms with van der Waals surface area (Å²) in [6, 6.07) is 24.1. The number of ketones is 1. The number of carbonyl (C=O) groups is 1. The summed E-state index contributed by atoms with van der Waals surface area (Å²) in [5.41, 5.74) is 2.28. The molecule has 144 valence electrons. The summed E-state index contributed by atoms with van der Waals surface area (Å²) < 4.78 is 28.7. The van der Waals surface area contributed by atoms with Crippen LogP contribution in [0.25, 0.3) is 0 Å². The summed E-state index contributed by atoms with van der Waals surface area (Å²) in [7, 11) is -3.79. The van der Waals surface area contributed by atoms with Crippen molar-refractivity contribution in [2.24, 2.45) is 5.92 Å². The highest BCUT2D eigenvalue weighted by Crippen LogP contribution is 2.27. The van der Waals surface area contributed by atoms with Gasteiger partial charge in [-0.3, -0.25) is 4.79 Å². The zero-order valence-corrected chi connectivity index (χ0v) is 16.7. The van der Waals surface area contributed by atoms with Crippen molar-refractivity contribution in [3.8, 4) is 0 Å². The minimum Gasteiger partial charge on any atom is -0.294 e. The summed E-state index contributed by atoms with van der Waals surface area (Å²) in [4.78, 5) is 13.2. The van der Waals surface area contributed by atoms with Crippen LogP contribution in [-0.2, 0) is 10.0 Å². The maximum atomic E-state index is 13.0. The molecular weight excluding hydrogens is 370 g/mol. The Bertz CT molecular complexity index is 1030. The highest BCUT2D eigenvalue weighted by molar-refractivity contribution is 7.89. The summed E-state index contributed by atoms with van der Waals surface area (Å²) in [6.45, 7) is 3.65. The number of hydrogen-bond acceptors (Lipinski definition) is 3. The molecule has 2 atom stereocenters. The Morgan fingerprint density at radius 2 is 1.36 bits per heavy atom. The molecule has 3 aromatic rings. The Hall–Kier alpha value is -2.76. The van der Waals surface area contributed by atoms with Gasteiger partial charge in [0.1, 0.15) is 0 Å². The number of nitrogens with one attached hydrogen (secondary N) is 1. The summed E-state index contributed by atoms with van der Waals surface area (Å²) in [5.74, 6) is -0.689. The molecule has 3 aromatic carbocycles. The van der Waals surface area contributed by atoms with E-state index in [9.17, 15) is 13.2 Å². The zero-order valence-electron chi connectivity index (χ0n) is 15.9. The first-order valence-electron chi connectivity index (χ1n) is 9.12. The van der Waals surface area contributed by atoms with Gasteiger partial charge in [0.25, 0.3) is 0 Å². The number of carbonyl (C=O) groups excluding carboxylic acids is 1. The Kier molecular flexibility index (Phi) is 6.07. The zero-order chi connectivity index (χ0) is 20.1. The Labute approximate surface area is 166 Å². The van der Waals surface area contributed by atoms with Crippen molar-refractivity contribution in [2.75, 3.05) is 0 Å². The Balaban J connectivity index is 1.96. The number of hydrogen-bond donors (Lipinski definition) is 1. The molecule has 0 aliphatic rings. The highest BCUT2D eigenvalue weighted by Gasteiger charge is 2.30. The van der Waals surface area contributed by atoms with Crippen LogP contribution >= 0.6 is 0 Å². The second kappa shape index (κ2) is 8.50. The predicted octanol–water partition coefficient (Wildman–Crippen LogP) is 4.53. The average Bonchev–Trinajstić information content (AvgIpc) is 2.72. The third kappa shape index (κ3) is 4.55. The van der Waals surface area contributed by atoms with E-state index in [1.54, 1.807) is 55.5 Å². The molecule has 0 heterocycles. The van der Waals surface area contributed by atoms with E-state index in [1.807, 2.05) is 43.3 Å². The van der Waals surface area contributed by atoms with Gasteiger partial charge in [-0.25, -0.2) is 13.1 Å². The van der Waals surface area contributed by atoms with Gasteiger partial charge < -0.3 is 0 Å². The van der Waals surface area contributed by atoms with Crippen LogP contribution in [0.2, 0.25) is 0 Å². The van der Waals surface area contributed by atoms with Gasteiger partial charge in [-0.15, -0.1) is 0 Å². The van der Waals surface area contributed by atoms with Crippen molar-refractivity contribution in [1.82, 2.24) is 4.72 Å². The smallest absolute Gasteiger partial charge is 0.241 e. The molecule has 0 radical (unpaired) electrons. The third-order valence-electron chi connectivity index (χ3n) is 4.74. The minimum absolute atomic E-state index is 0.110. The van der Waals surface area contributed by atoms with E-state index < -0.39 is 22.0 Å². The van der Waals surface area contributed by atoms with Gasteiger partial charge in [-0.05, 0) is 24.6 Å². The highest BCUT2D eigenvalue weighted by atomic mass is 32.2. The van der Waals surface area contributed by atoms with Gasteiger partial charge in [0.2, 0.25) is 10.0 Å². The van der Waals surface area contributed by atoms with Gasteiger partial charge in [0.05, 0.1) is 10.9 Å². The van der Waals surface area contributed by atoms with Gasteiger partial charge in [-0.2, -0.15) is 0 Å². The van der Waals surface area contributed by atoms with Crippen LogP contribution in [0.15, 0.2) is 89.8 Å². The van der Waals surface area contributed by atoms with Crippen molar-refractivity contribution in [2.45, 2.75) is 24.8 Å². The molecule has 5 heteroatoms. The molecule has 1 N–H and O–H groups in total. The van der Waals surface area contributed by atoms with Crippen LogP contribution in [0.3, 0.4) is 0 Å². The number of rotatable bonds is 7. The van der Waals surface area contributed by atoms with Crippen LogP contribution in [0, 0.1) is 12.8 Å². The molecule has 0 fully saturated rings. The topological polar surface area (TPSA) is 63.2 Å². The van der Waals surface area contributed by atoms with Crippen LogP contribution in [0.4, 0.5) is 0 Å². The molecule has 4 nitrogen and oxygen atoms in total. The molecule has 0 saturated heterocycles. The van der Waals surface area contributed by atoms with E-state index >= 15 is 0 Å². The molecule has 0 saturated carbocycles. The second-order valence-corrected chi connectivity index (χ2v) is 8.56. The first-order valence-corrected chi connectivity index (χ1v) is 10.6. The average molecular weight is 394 g/mol. The molecule has 0 spiro atoms. The minimum atomic E-state index is -3.79. The van der Waals surface area contributed by atoms with E-state index in [2.05, 4.69) is 4.72 Å². The lowest BCUT2D eigenvalue weighted by Crippen LogP contribution is -2.35. The summed E-state index contributed by atoms with van der Waals surface area (Å²) >= 11 is 0. The van der Waals surface area contributed by atoms with Gasteiger partial charge >= 0.3 is 0 Å². The van der Waals surface area contributed by atoms with Crippen molar-refractivity contribution < 1.29 is 13.2 Å². The van der Waals surface area contributed by atoms with Crippen LogP contribution in [0.5, 0.6) is 0 Å². The fraction of sp³-hybridized carbons (Fsp3) is 0.174. The number of sulfonamides is 1. The maximum absolute atomic E-state index is 13.0. The van der Waals surface area contributed by atoms with Crippen molar-refractivity contribution in [3.63, 3.8) is 0 Å². The quantitative estimate of drug-likeness (QED) is 0.600. The lowest BCUT2D eigenvalue weighted by Gasteiger charge is -2.25. The van der Waals surface area contributed by atoms with E-state index in [-0.39, 0.29) is 10.7 Å². The van der Waals surface area contributed by atoms with Crippen LogP contribution in [0.1, 0.15) is 34.5 Å². The lowest BCUT2D eigenvalue weighted by atomic mass is 9.89. The number of benzene rings is 3. The summed E-state index contributed by atoms with van der Waals surface area (Å²) in [6.07, 6.45) is 0. The summed E-state index contributed by atoms with van der Waals surface area (Å²) in [5, 5.41) is 0. The fourth-order valence-electron chi connectivity index (χ4n) is 3.09. The molecule has 0 amide bonds. The van der Waals surface area contributed by atoms with Gasteiger partial charge in [0, 0.05) is 11.5 Å². The number of aryl methyl sites for hydroxylation is 1. The molecule has 28 heavy (non-hydrogen) atoms. The van der Waals surface area contributed by atoms with E-state index in [0.717, 1.165) is 11.1 Å². The normalized spacial score (nSPS) is 13.6. The first kappa shape index (κ1) is 20.0. The number of Topliss-reactive ketones (excluding diaryl/α,β-unsaturated/α-hetero) is 1. The van der Waals surface area contributed by atoms with E-state index in [0.29, 0.717) is 5.56 Å². The van der Waals surface area contributed by atoms with Gasteiger partial charge in [0.15, 0.2) is 5.78 Å². The SMILES string of the molecule is Cc1ccc(S(=O)(=O)N[C@H](c2ccccc2)[C@H](C)C(=O)c2ccccc2)cc1. The van der Waals surface area contributed by atoms with Crippen LogP contribution in [-0.4, -0.2) is 14.2 Å². The lowest BCUT2D eigenvalue weighted by molar-refractivity contribution is 0.0908. The third-order valence-corrected chi connectivity index (χ3v) is 6.20. The largest absolute Gasteiger partial charge is 0.294 e. The molecular formula is C23H23NO3S. The molecule has 3 rings (SSSR count). The van der Waals surface area contributed by atoms with E-state index in [1.165, 1.54) is 0 Å². The maximum Gasteiger partial charge on any atom is 0.241 e. The molecule has 0 aliphatic carbocycles. The molecule has 0 aromatic heterocycles. The van der Waals surface area contributed by atoms with Crippen molar-refractivity contribution >= 4 is 15.8 Å². The first-order chi connectivity index (χ1) is 13.4.